The highest BCUT2D eigenvalue weighted by molar-refractivity contribution is 5.92. The van der Waals surface area contributed by atoms with Crippen molar-refractivity contribution in [2.24, 2.45) is 0 Å². The number of amides is 1. The molecule has 1 aromatic carbocycles. The molecule has 0 radical (unpaired) electrons. The van der Waals surface area contributed by atoms with Crippen molar-refractivity contribution >= 4 is 17.5 Å². The van der Waals surface area contributed by atoms with Crippen LogP contribution in [-0.2, 0) is 0 Å². The third kappa shape index (κ3) is 4.04. The van der Waals surface area contributed by atoms with Gasteiger partial charge in [-0.3, -0.25) is 4.79 Å². The molecule has 0 saturated heterocycles. The minimum atomic E-state index is -0.170. The second kappa shape index (κ2) is 7.02. The molecule has 1 amide bonds. The quantitative estimate of drug-likeness (QED) is 0.889. The summed E-state index contributed by atoms with van der Waals surface area (Å²) in [6.45, 7) is 8.56. The molecule has 0 saturated carbocycles. The summed E-state index contributed by atoms with van der Waals surface area (Å²) >= 11 is 0. The van der Waals surface area contributed by atoms with Crippen molar-refractivity contribution in [3.05, 3.63) is 46.8 Å². The van der Waals surface area contributed by atoms with Crippen LogP contribution >= 0.6 is 0 Å². The zero-order valence-electron chi connectivity index (χ0n) is 13.5. The van der Waals surface area contributed by atoms with Crippen molar-refractivity contribution in [3.8, 4) is 0 Å². The van der Waals surface area contributed by atoms with Crippen LogP contribution in [0.4, 0.5) is 11.6 Å². The first-order valence-corrected chi connectivity index (χ1v) is 7.47. The van der Waals surface area contributed by atoms with Crippen LogP contribution in [0, 0.1) is 20.8 Å². The van der Waals surface area contributed by atoms with Gasteiger partial charge in [-0.25, -0.2) is 9.97 Å². The van der Waals surface area contributed by atoms with E-state index in [4.69, 9.17) is 0 Å². The lowest BCUT2D eigenvalue weighted by atomic mass is 10.1. The molecule has 0 aliphatic heterocycles. The number of hydrogen-bond acceptors (Lipinski definition) is 4. The minimum absolute atomic E-state index is 0.170. The van der Waals surface area contributed by atoms with Crippen molar-refractivity contribution in [2.75, 3.05) is 11.9 Å². The Bertz CT molecular complexity index is 682. The fourth-order valence-corrected chi connectivity index (χ4v) is 2.06. The molecule has 0 atom stereocenters. The van der Waals surface area contributed by atoms with E-state index in [0.29, 0.717) is 18.2 Å². The number of aromatic nitrogens is 2. The zero-order valence-corrected chi connectivity index (χ0v) is 13.5. The minimum Gasteiger partial charge on any atom is -0.351 e. The Balaban J connectivity index is 2.26. The third-order valence-electron chi connectivity index (χ3n) is 3.26. The molecule has 0 aliphatic carbocycles. The van der Waals surface area contributed by atoms with E-state index in [1.54, 1.807) is 6.07 Å². The van der Waals surface area contributed by atoms with Crippen molar-refractivity contribution in [1.82, 2.24) is 15.3 Å². The molecule has 116 valence electrons. The number of nitrogens with one attached hydrogen (secondary N) is 2. The Morgan fingerprint density at radius 1 is 1.14 bits per heavy atom. The Kier molecular flexibility index (Phi) is 5.09. The van der Waals surface area contributed by atoms with Crippen LogP contribution in [0.15, 0.2) is 24.3 Å². The molecule has 0 aliphatic rings. The summed E-state index contributed by atoms with van der Waals surface area (Å²) in [5.41, 5.74) is 4.35. The van der Waals surface area contributed by atoms with Crippen LogP contribution in [0.5, 0.6) is 0 Å². The van der Waals surface area contributed by atoms with Gasteiger partial charge in [-0.15, -0.1) is 0 Å². The van der Waals surface area contributed by atoms with Gasteiger partial charge >= 0.3 is 0 Å². The van der Waals surface area contributed by atoms with Gasteiger partial charge in [0.2, 0.25) is 5.95 Å². The maximum absolute atomic E-state index is 12.1. The van der Waals surface area contributed by atoms with Gasteiger partial charge in [-0.05, 0) is 50.5 Å². The molecule has 5 nitrogen and oxygen atoms in total. The molecule has 5 heteroatoms. The lowest BCUT2D eigenvalue weighted by molar-refractivity contribution is 0.0948. The van der Waals surface area contributed by atoms with Gasteiger partial charge in [0.05, 0.1) is 0 Å². The van der Waals surface area contributed by atoms with Gasteiger partial charge in [-0.2, -0.15) is 0 Å². The van der Waals surface area contributed by atoms with Gasteiger partial charge in [-0.1, -0.05) is 19.1 Å². The molecule has 22 heavy (non-hydrogen) atoms. The summed E-state index contributed by atoms with van der Waals surface area (Å²) in [7, 11) is 0. The van der Waals surface area contributed by atoms with Crippen molar-refractivity contribution in [1.29, 1.82) is 0 Å². The number of benzene rings is 1. The molecular formula is C17H22N4O. The molecule has 1 aromatic heterocycles. The van der Waals surface area contributed by atoms with E-state index in [2.05, 4.69) is 26.7 Å². The normalized spacial score (nSPS) is 10.4. The predicted octanol–water partition coefficient (Wildman–Crippen LogP) is 3.29. The van der Waals surface area contributed by atoms with Crippen LogP contribution in [0.2, 0.25) is 0 Å². The highest BCUT2D eigenvalue weighted by Gasteiger charge is 2.10. The zero-order chi connectivity index (χ0) is 16.1. The van der Waals surface area contributed by atoms with Crippen LogP contribution in [0.1, 0.15) is 40.7 Å². The molecule has 0 fully saturated rings. The highest BCUT2D eigenvalue weighted by Crippen LogP contribution is 2.20. The maximum atomic E-state index is 12.1. The van der Waals surface area contributed by atoms with Gasteiger partial charge < -0.3 is 10.6 Å². The van der Waals surface area contributed by atoms with Gasteiger partial charge in [0.15, 0.2) is 0 Å². The molecule has 2 rings (SSSR count). The van der Waals surface area contributed by atoms with Gasteiger partial charge in [0.25, 0.3) is 5.91 Å². The average molecular weight is 298 g/mol. The topological polar surface area (TPSA) is 66.9 Å². The summed E-state index contributed by atoms with van der Waals surface area (Å²) in [5.74, 6) is 0.270. The Labute approximate surface area is 131 Å². The number of rotatable bonds is 5. The van der Waals surface area contributed by atoms with E-state index in [1.807, 2.05) is 39.8 Å². The first-order valence-electron chi connectivity index (χ1n) is 7.47. The summed E-state index contributed by atoms with van der Waals surface area (Å²) in [6, 6.07) is 7.83. The van der Waals surface area contributed by atoms with E-state index in [-0.39, 0.29) is 5.91 Å². The number of hydrogen-bond donors (Lipinski definition) is 2. The summed E-state index contributed by atoms with van der Waals surface area (Å²) in [5, 5.41) is 6.03. The van der Waals surface area contributed by atoms with E-state index >= 15 is 0 Å². The first-order chi connectivity index (χ1) is 10.5. The summed E-state index contributed by atoms with van der Waals surface area (Å²) in [4.78, 5) is 20.7. The summed E-state index contributed by atoms with van der Waals surface area (Å²) in [6.07, 6.45) is 0.892. The molecule has 0 bridgehead atoms. The van der Waals surface area contributed by atoms with Gasteiger partial charge in [0, 0.05) is 17.9 Å². The van der Waals surface area contributed by atoms with E-state index < -0.39 is 0 Å². The second-order valence-corrected chi connectivity index (χ2v) is 5.42. The van der Waals surface area contributed by atoms with E-state index in [1.165, 1.54) is 0 Å². The Morgan fingerprint density at radius 2 is 1.91 bits per heavy atom. The lowest BCUT2D eigenvalue weighted by Gasteiger charge is -2.11. The molecule has 1 heterocycles. The third-order valence-corrected chi connectivity index (χ3v) is 3.26. The SMILES string of the molecule is CCCNC(=O)c1cc(C)nc(Nc2cc(C)ccc2C)n1. The van der Waals surface area contributed by atoms with Crippen molar-refractivity contribution in [3.63, 3.8) is 0 Å². The van der Waals surface area contributed by atoms with Crippen molar-refractivity contribution in [2.45, 2.75) is 34.1 Å². The first kappa shape index (κ1) is 15.9. The fraction of sp³-hybridized carbons (Fsp3) is 0.353. The van der Waals surface area contributed by atoms with Crippen LogP contribution < -0.4 is 10.6 Å². The van der Waals surface area contributed by atoms with E-state index in [0.717, 1.165) is 28.9 Å². The highest BCUT2D eigenvalue weighted by atomic mass is 16.1. The van der Waals surface area contributed by atoms with E-state index in [9.17, 15) is 4.79 Å². The van der Waals surface area contributed by atoms with Crippen LogP contribution in [0.3, 0.4) is 0 Å². The number of nitrogens with zero attached hydrogens (tertiary/aromatic N) is 2. The molecular weight excluding hydrogens is 276 g/mol. The lowest BCUT2D eigenvalue weighted by Crippen LogP contribution is -2.25. The predicted molar refractivity (Wildman–Crippen MR) is 88.6 cm³/mol. The number of anilines is 2. The second-order valence-electron chi connectivity index (χ2n) is 5.42. The molecule has 0 spiro atoms. The van der Waals surface area contributed by atoms with Crippen LogP contribution in [-0.4, -0.2) is 22.4 Å². The van der Waals surface area contributed by atoms with Crippen LogP contribution in [0.25, 0.3) is 0 Å². The molecule has 2 N–H and O–H groups in total. The maximum Gasteiger partial charge on any atom is 0.270 e. The summed E-state index contributed by atoms with van der Waals surface area (Å²) < 4.78 is 0. The Morgan fingerprint density at radius 3 is 2.64 bits per heavy atom. The number of carbonyl (C=O) groups excluding carboxylic acids is 1. The monoisotopic (exact) mass is 298 g/mol. The molecule has 0 unspecified atom stereocenters. The Hall–Kier alpha value is -2.43. The number of aryl methyl sites for hydroxylation is 3. The largest absolute Gasteiger partial charge is 0.351 e. The average Bonchev–Trinajstić information content (AvgIpc) is 2.48. The smallest absolute Gasteiger partial charge is 0.270 e. The van der Waals surface area contributed by atoms with Crippen molar-refractivity contribution < 1.29 is 4.79 Å². The number of carbonyl (C=O) groups is 1. The molecule has 2 aromatic rings. The standard InChI is InChI=1S/C17H22N4O/c1-5-8-18-16(22)15-10-13(4)19-17(21-15)20-14-9-11(2)6-7-12(14)3/h6-7,9-10H,5,8H2,1-4H3,(H,18,22)(H,19,20,21). The fourth-order valence-electron chi connectivity index (χ4n) is 2.06. The van der Waals surface area contributed by atoms with Gasteiger partial charge in [0.1, 0.15) is 5.69 Å².